The van der Waals surface area contributed by atoms with Crippen LogP contribution in [-0.2, 0) is 4.79 Å². The van der Waals surface area contributed by atoms with E-state index in [2.05, 4.69) is 6.92 Å². The fraction of sp³-hybridized carbons (Fsp3) is 0.909. The topological polar surface area (TPSA) is 37.3 Å². The summed E-state index contributed by atoms with van der Waals surface area (Å²) < 4.78 is 0. The second-order valence-electron chi connectivity index (χ2n) is 4.31. The molecule has 0 bridgehead atoms. The van der Waals surface area contributed by atoms with E-state index in [-0.39, 0.29) is 0 Å². The molecule has 1 N–H and O–H groups in total. The molecule has 0 saturated heterocycles. The summed E-state index contributed by atoms with van der Waals surface area (Å²) in [4.78, 5) is 10.4. The van der Waals surface area contributed by atoms with Crippen LogP contribution in [0.25, 0.3) is 0 Å². The molecule has 1 aliphatic rings. The standard InChI is InChI=1S/C11H20O2/c1-9(7-8-11(12)13)10-5-3-2-4-6-10/h9-10H,2-8H2,1H3,(H,12,13)/t9-/m1/s1. The normalized spacial score (nSPS) is 21.3. The van der Waals surface area contributed by atoms with Crippen LogP contribution in [0.5, 0.6) is 0 Å². The predicted molar refractivity (Wildman–Crippen MR) is 52.6 cm³/mol. The highest BCUT2D eigenvalue weighted by Gasteiger charge is 2.20. The van der Waals surface area contributed by atoms with Crippen molar-refractivity contribution in [2.75, 3.05) is 0 Å². The number of hydrogen-bond donors (Lipinski definition) is 1. The maximum Gasteiger partial charge on any atom is 0.303 e. The van der Waals surface area contributed by atoms with E-state index in [4.69, 9.17) is 5.11 Å². The summed E-state index contributed by atoms with van der Waals surface area (Å²) in [5.41, 5.74) is 0. The molecule has 1 fully saturated rings. The lowest BCUT2D eigenvalue weighted by Gasteiger charge is -2.27. The lowest BCUT2D eigenvalue weighted by Crippen LogP contribution is -2.16. The SMILES string of the molecule is C[C@H](CCC(=O)O)C1CCCCC1. The minimum atomic E-state index is -0.650. The van der Waals surface area contributed by atoms with Crippen LogP contribution < -0.4 is 0 Å². The lowest BCUT2D eigenvalue weighted by atomic mass is 9.79. The first kappa shape index (κ1) is 10.6. The summed E-state index contributed by atoms with van der Waals surface area (Å²) in [6, 6.07) is 0. The van der Waals surface area contributed by atoms with E-state index in [1.54, 1.807) is 0 Å². The highest BCUT2D eigenvalue weighted by molar-refractivity contribution is 5.66. The molecule has 0 unspecified atom stereocenters. The second-order valence-corrected chi connectivity index (χ2v) is 4.31. The summed E-state index contributed by atoms with van der Waals surface area (Å²) in [5.74, 6) is 0.757. The second kappa shape index (κ2) is 5.25. The number of carbonyl (C=O) groups is 1. The van der Waals surface area contributed by atoms with Gasteiger partial charge in [0.25, 0.3) is 0 Å². The van der Waals surface area contributed by atoms with E-state index in [1.165, 1.54) is 32.1 Å². The highest BCUT2D eigenvalue weighted by Crippen LogP contribution is 2.31. The van der Waals surface area contributed by atoms with Crippen molar-refractivity contribution in [2.45, 2.75) is 51.9 Å². The van der Waals surface area contributed by atoms with Gasteiger partial charge in [0.05, 0.1) is 0 Å². The van der Waals surface area contributed by atoms with Gasteiger partial charge >= 0.3 is 5.97 Å². The van der Waals surface area contributed by atoms with Crippen molar-refractivity contribution in [2.24, 2.45) is 11.8 Å². The molecule has 13 heavy (non-hydrogen) atoms. The van der Waals surface area contributed by atoms with Crippen molar-refractivity contribution in [3.8, 4) is 0 Å². The Labute approximate surface area is 80.3 Å². The number of hydrogen-bond acceptors (Lipinski definition) is 1. The van der Waals surface area contributed by atoms with Crippen LogP contribution in [0.3, 0.4) is 0 Å². The number of carboxylic acids is 1. The average Bonchev–Trinajstić information content (AvgIpc) is 2.15. The van der Waals surface area contributed by atoms with Crippen LogP contribution >= 0.6 is 0 Å². The van der Waals surface area contributed by atoms with Crippen LogP contribution in [0.4, 0.5) is 0 Å². The fourth-order valence-corrected chi connectivity index (χ4v) is 2.29. The van der Waals surface area contributed by atoms with Gasteiger partial charge in [0, 0.05) is 6.42 Å². The minimum absolute atomic E-state index is 0.345. The van der Waals surface area contributed by atoms with E-state index in [0.717, 1.165) is 12.3 Å². The van der Waals surface area contributed by atoms with Crippen molar-refractivity contribution in [1.82, 2.24) is 0 Å². The largest absolute Gasteiger partial charge is 0.481 e. The van der Waals surface area contributed by atoms with Crippen molar-refractivity contribution in [1.29, 1.82) is 0 Å². The molecule has 0 radical (unpaired) electrons. The van der Waals surface area contributed by atoms with E-state index in [9.17, 15) is 4.79 Å². The Morgan fingerprint density at radius 3 is 2.54 bits per heavy atom. The van der Waals surface area contributed by atoms with Gasteiger partial charge in [-0.15, -0.1) is 0 Å². The smallest absolute Gasteiger partial charge is 0.303 e. The maximum atomic E-state index is 10.4. The monoisotopic (exact) mass is 184 g/mol. The molecular weight excluding hydrogens is 164 g/mol. The lowest BCUT2D eigenvalue weighted by molar-refractivity contribution is -0.137. The molecule has 76 valence electrons. The van der Waals surface area contributed by atoms with E-state index in [0.29, 0.717) is 12.3 Å². The van der Waals surface area contributed by atoms with E-state index in [1.807, 2.05) is 0 Å². The third-order valence-electron chi connectivity index (χ3n) is 3.27. The molecular formula is C11H20O2. The first-order valence-electron chi connectivity index (χ1n) is 5.42. The van der Waals surface area contributed by atoms with Crippen molar-refractivity contribution < 1.29 is 9.90 Å². The Morgan fingerprint density at radius 2 is 2.00 bits per heavy atom. The molecule has 0 heterocycles. The molecule has 1 atom stereocenters. The van der Waals surface area contributed by atoms with Crippen LogP contribution in [0.2, 0.25) is 0 Å². The Bertz CT molecular complexity index is 159. The van der Waals surface area contributed by atoms with E-state index >= 15 is 0 Å². The fourth-order valence-electron chi connectivity index (χ4n) is 2.29. The van der Waals surface area contributed by atoms with Crippen molar-refractivity contribution in [3.63, 3.8) is 0 Å². The molecule has 0 aromatic carbocycles. The summed E-state index contributed by atoms with van der Waals surface area (Å²) in [5, 5.41) is 8.56. The van der Waals surface area contributed by atoms with E-state index < -0.39 is 5.97 Å². The zero-order valence-electron chi connectivity index (χ0n) is 8.46. The molecule has 0 amide bonds. The summed E-state index contributed by atoms with van der Waals surface area (Å²) in [6.07, 6.45) is 7.92. The summed E-state index contributed by atoms with van der Waals surface area (Å²) >= 11 is 0. The third-order valence-corrected chi connectivity index (χ3v) is 3.27. The van der Waals surface area contributed by atoms with Gasteiger partial charge in [-0.3, -0.25) is 4.79 Å². The van der Waals surface area contributed by atoms with Gasteiger partial charge in [-0.1, -0.05) is 39.0 Å². The van der Waals surface area contributed by atoms with Gasteiger partial charge in [0.2, 0.25) is 0 Å². The molecule has 2 nitrogen and oxygen atoms in total. The van der Waals surface area contributed by atoms with Crippen LogP contribution in [-0.4, -0.2) is 11.1 Å². The average molecular weight is 184 g/mol. The number of carboxylic acid groups (broad SMARTS) is 1. The van der Waals surface area contributed by atoms with Crippen LogP contribution in [0.1, 0.15) is 51.9 Å². The van der Waals surface area contributed by atoms with Gasteiger partial charge in [0.1, 0.15) is 0 Å². The van der Waals surface area contributed by atoms with Gasteiger partial charge in [-0.25, -0.2) is 0 Å². The molecule has 1 aliphatic carbocycles. The molecule has 1 saturated carbocycles. The first-order valence-corrected chi connectivity index (χ1v) is 5.42. The van der Waals surface area contributed by atoms with Crippen LogP contribution in [0, 0.1) is 11.8 Å². The molecule has 0 spiro atoms. The number of aliphatic carboxylic acids is 1. The van der Waals surface area contributed by atoms with Crippen molar-refractivity contribution in [3.05, 3.63) is 0 Å². The molecule has 0 aliphatic heterocycles. The Hall–Kier alpha value is -0.530. The van der Waals surface area contributed by atoms with Crippen molar-refractivity contribution >= 4 is 5.97 Å². The zero-order chi connectivity index (χ0) is 9.68. The Kier molecular flexibility index (Phi) is 4.26. The summed E-state index contributed by atoms with van der Waals surface area (Å²) in [6.45, 7) is 2.21. The molecule has 2 heteroatoms. The molecule has 1 rings (SSSR count). The Morgan fingerprint density at radius 1 is 1.38 bits per heavy atom. The van der Waals surface area contributed by atoms with Gasteiger partial charge in [0.15, 0.2) is 0 Å². The highest BCUT2D eigenvalue weighted by atomic mass is 16.4. The maximum absolute atomic E-state index is 10.4. The summed E-state index contributed by atoms with van der Waals surface area (Å²) in [7, 11) is 0. The van der Waals surface area contributed by atoms with Gasteiger partial charge in [-0.05, 0) is 18.3 Å². The minimum Gasteiger partial charge on any atom is -0.481 e. The molecule has 0 aromatic rings. The zero-order valence-corrected chi connectivity index (χ0v) is 8.46. The quantitative estimate of drug-likeness (QED) is 0.729. The van der Waals surface area contributed by atoms with Crippen LogP contribution in [0.15, 0.2) is 0 Å². The van der Waals surface area contributed by atoms with Gasteiger partial charge < -0.3 is 5.11 Å². The first-order chi connectivity index (χ1) is 6.20. The number of rotatable bonds is 4. The Balaban J connectivity index is 2.20. The third kappa shape index (κ3) is 3.79. The van der Waals surface area contributed by atoms with Gasteiger partial charge in [-0.2, -0.15) is 0 Å². The molecule has 0 aromatic heterocycles. The predicted octanol–water partition coefficient (Wildman–Crippen LogP) is 3.07.